The highest BCUT2D eigenvalue weighted by atomic mass is 79.9. The van der Waals surface area contributed by atoms with E-state index >= 15 is 0 Å². The van der Waals surface area contributed by atoms with Gasteiger partial charge in [-0.05, 0) is 87.4 Å². The highest BCUT2D eigenvalue weighted by molar-refractivity contribution is 9.10. The van der Waals surface area contributed by atoms with E-state index in [1.165, 1.54) is 22.5 Å². The normalized spacial score (nSPS) is 15.8. The summed E-state index contributed by atoms with van der Waals surface area (Å²) in [7, 11) is 1.66. The fourth-order valence-electron chi connectivity index (χ4n) is 5.75. The zero-order valence-electron chi connectivity index (χ0n) is 23.2. The largest absolute Gasteiger partial charge is 0.497 e. The average molecular weight is 670 g/mol. The standard InChI is InChI=1S/C35H26BrClN2O3S/c1-41-25-14-11-23(12-15-25)33-27-16-13-22-6-2-4-8-26(22)32(27)38-35-39(33)34(40)31(43-35)19-21-10-17-30(28(36)18-21)42-20-24-7-3-5-9-29(24)37/h2-12,14-15,17-19,33H,13,16,20H2,1H3/b31-19-/t33-/m0/s1. The van der Waals surface area contributed by atoms with Gasteiger partial charge in [-0.25, -0.2) is 4.99 Å². The fraction of sp³-hybridized carbons (Fsp3) is 0.143. The van der Waals surface area contributed by atoms with Crippen molar-refractivity contribution < 1.29 is 9.47 Å². The number of aromatic nitrogens is 1. The van der Waals surface area contributed by atoms with Crippen molar-refractivity contribution in [2.24, 2.45) is 4.99 Å². The molecule has 4 aromatic carbocycles. The summed E-state index contributed by atoms with van der Waals surface area (Å²) >= 11 is 11.4. The Labute approximate surface area is 266 Å². The third kappa shape index (κ3) is 5.26. The third-order valence-electron chi connectivity index (χ3n) is 7.90. The van der Waals surface area contributed by atoms with E-state index in [4.69, 9.17) is 26.1 Å². The zero-order valence-corrected chi connectivity index (χ0v) is 26.4. The molecular weight excluding hydrogens is 644 g/mol. The van der Waals surface area contributed by atoms with Gasteiger partial charge in [-0.1, -0.05) is 83.6 Å². The Balaban J connectivity index is 1.29. The van der Waals surface area contributed by atoms with E-state index in [9.17, 15) is 4.79 Å². The Morgan fingerprint density at radius 3 is 2.60 bits per heavy atom. The number of hydrogen-bond donors (Lipinski definition) is 0. The van der Waals surface area contributed by atoms with Crippen molar-refractivity contribution in [2.75, 3.05) is 7.11 Å². The molecule has 2 heterocycles. The van der Waals surface area contributed by atoms with Gasteiger partial charge in [0.05, 0.1) is 27.9 Å². The topological polar surface area (TPSA) is 52.8 Å². The van der Waals surface area contributed by atoms with Gasteiger partial charge < -0.3 is 9.47 Å². The molecule has 0 N–H and O–H groups in total. The Kier molecular flexibility index (Phi) is 7.55. The average Bonchev–Trinajstić information content (AvgIpc) is 3.34. The predicted molar refractivity (Wildman–Crippen MR) is 176 cm³/mol. The molecule has 0 fully saturated rings. The van der Waals surface area contributed by atoms with Crippen LogP contribution >= 0.6 is 38.9 Å². The van der Waals surface area contributed by atoms with Crippen LogP contribution in [0.1, 0.15) is 40.3 Å². The van der Waals surface area contributed by atoms with Crippen molar-refractivity contribution in [1.82, 2.24) is 4.57 Å². The maximum Gasteiger partial charge on any atom is 0.271 e. The highest BCUT2D eigenvalue weighted by Crippen LogP contribution is 2.41. The first-order valence-corrected chi connectivity index (χ1v) is 15.9. The number of thiazole rings is 1. The molecule has 43 heavy (non-hydrogen) atoms. The first-order valence-electron chi connectivity index (χ1n) is 13.9. The molecule has 7 rings (SSSR count). The smallest absolute Gasteiger partial charge is 0.271 e. The van der Waals surface area contributed by atoms with Gasteiger partial charge in [0.25, 0.3) is 5.56 Å². The van der Waals surface area contributed by atoms with Crippen molar-refractivity contribution in [3.63, 3.8) is 0 Å². The number of benzene rings is 4. The van der Waals surface area contributed by atoms with Crippen LogP contribution in [0.4, 0.5) is 0 Å². The van der Waals surface area contributed by atoms with Crippen LogP contribution < -0.4 is 24.4 Å². The van der Waals surface area contributed by atoms with Gasteiger partial charge in [-0.2, -0.15) is 0 Å². The van der Waals surface area contributed by atoms with Gasteiger partial charge in [0.1, 0.15) is 18.1 Å². The lowest BCUT2D eigenvalue weighted by Crippen LogP contribution is -2.38. The molecule has 2 aliphatic rings. The molecule has 5 nitrogen and oxygen atoms in total. The van der Waals surface area contributed by atoms with Crippen molar-refractivity contribution in [1.29, 1.82) is 0 Å². The number of aryl methyl sites for hydroxylation is 1. The van der Waals surface area contributed by atoms with Gasteiger partial charge in [0.2, 0.25) is 0 Å². The van der Waals surface area contributed by atoms with E-state index < -0.39 is 0 Å². The summed E-state index contributed by atoms with van der Waals surface area (Å²) < 4.78 is 14.7. The second-order valence-corrected chi connectivity index (χ2v) is 12.7. The molecule has 5 aromatic rings. The van der Waals surface area contributed by atoms with Crippen LogP contribution in [0.25, 0.3) is 11.8 Å². The van der Waals surface area contributed by atoms with Crippen LogP contribution in [0.3, 0.4) is 0 Å². The Morgan fingerprint density at radius 2 is 1.81 bits per heavy atom. The Hall–Kier alpha value is -3.91. The number of methoxy groups -OCH3 is 1. The molecule has 8 heteroatoms. The molecule has 0 spiro atoms. The number of halogens is 2. The predicted octanol–water partition coefficient (Wildman–Crippen LogP) is 7.32. The van der Waals surface area contributed by atoms with Gasteiger partial charge in [0.15, 0.2) is 4.80 Å². The molecular formula is C35H26BrClN2O3S. The second-order valence-electron chi connectivity index (χ2n) is 10.5. The van der Waals surface area contributed by atoms with Crippen LogP contribution in [0, 0.1) is 0 Å². The van der Waals surface area contributed by atoms with Gasteiger partial charge in [-0.15, -0.1) is 0 Å². The van der Waals surface area contributed by atoms with E-state index in [0.29, 0.717) is 26.7 Å². The van der Waals surface area contributed by atoms with Crippen LogP contribution in [0.15, 0.2) is 111 Å². The summed E-state index contributed by atoms with van der Waals surface area (Å²) in [6, 6.07) is 29.7. The van der Waals surface area contributed by atoms with E-state index in [2.05, 4.69) is 52.3 Å². The van der Waals surface area contributed by atoms with Crippen molar-refractivity contribution >= 4 is 50.6 Å². The summed E-state index contributed by atoms with van der Waals surface area (Å²) in [4.78, 5) is 19.9. The fourth-order valence-corrected chi connectivity index (χ4v) is 7.46. The zero-order chi connectivity index (χ0) is 29.5. The monoisotopic (exact) mass is 668 g/mol. The number of hydrogen-bond acceptors (Lipinski definition) is 5. The van der Waals surface area contributed by atoms with Crippen molar-refractivity contribution in [3.8, 4) is 11.5 Å². The SMILES string of the molecule is COc1ccc([C@H]2C3=C(N=c4s/c(=C\c5ccc(OCc6ccccc6Cl)c(Br)c5)c(=O)n42)c2ccccc2CC3)cc1. The van der Waals surface area contributed by atoms with Gasteiger partial charge in [0, 0.05) is 16.1 Å². The molecule has 0 unspecified atom stereocenters. The highest BCUT2D eigenvalue weighted by Gasteiger charge is 2.32. The first-order chi connectivity index (χ1) is 21.0. The van der Waals surface area contributed by atoms with Crippen LogP contribution in [-0.2, 0) is 13.0 Å². The minimum atomic E-state index is -0.236. The van der Waals surface area contributed by atoms with Gasteiger partial charge >= 0.3 is 0 Å². The molecule has 1 atom stereocenters. The van der Waals surface area contributed by atoms with Crippen molar-refractivity contribution in [2.45, 2.75) is 25.5 Å². The molecule has 0 radical (unpaired) electrons. The Morgan fingerprint density at radius 1 is 1.02 bits per heavy atom. The third-order valence-corrected chi connectivity index (χ3v) is 9.87. The molecule has 0 amide bonds. The van der Waals surface area contributed by atoms with Crippen LogP contribution in [0.5, 0.6) is 11.5 Å². The molecule has 1 aromatic heterocycles. The molecule has 1 aliphatic heterocycles. The minimum Gasteiger partial charge on any atom is -0.497 e. The number of nitrogens with zero attached hydrogens (tertiary/aromatic N) is 2. The molecule has 0 saturated carbocycles. The number of fused-ring (bicyclic) bond motifs is 3. The number of allylic oxidation sites excluding steroid dienone is 1. The Bertz CT molecular complexity index is 2080. The summed E-state index contributed by atoms with van der Waals surface area (Å²) in [5.41, 5.74) is 7.39. The van der Waals surface area contributed by atoms with E-state index in [1.807, 2.05) is 65.2 Å². The number of ether oxygens (including phenoxy) is 2. The lowest BCUT2D eigenvalue weighted by molar-refractivity contribution is 0.304. The van der Waals surface area contributed by atoms with E-state index in [1.54, 1.807) is 7.11 Å². The molecule has 0 saturated heterocycles. The molecule has 1 aliphatic carbocycles. The quantitative estimate of drug-likeness (QED) is 0.190. The second kappa shape index (κ2) is 11.6. The van der Waals surface area contributed by atoms with E-state index in [-0.39, 0.29) is 11.6 Å². The lowest BCUT2D eigenvalue weighted by Gasteiger charge is -2.30. The maximum atomic E-state index is 14.1. The first kappa shape index (κ1) is 27.9. The molecule has 0 bridgehead atoms. The van der Waals surface area contributed by atoms with E-state index in [0.717, 1.165) is 51.0 Å². The van der Waals surface area contributed by atoms with Crippen molar-refractivity contribution in [3.05, 3.63) is 154 Å². The summed E-state index contributed by atoms with van der Waals surface area (Å²) in [6.07, 6.45) is 3.69. The van der Waals surface area contributed by atoms with Crippen LogP contribution in [0.2, 0.25) is 5.02 Å². The van der Waals surface area contributed by atoms with Gasteiger partial charge in [-0.3, -0.25) is 9.36 Å². The maximum absolute atomic E-state index is 14.1. The number of rotatable bonds is 6. The summed E-state index contributed by atoms with van der Waals surface area (Å²) in [6.45, 7) is 0.357. The summed E-state index contributed by atoms with van der Waals surface area (Å²) in [5, 5.41) is 0.670. The minimum absolute atomic E-state index is 0.0508. The molecule has 214 valence electrons. The summed E-state index contributed by atoms with van der Waals surface area (Å²) in [5.74, 6) is 1.48. The van der Waals surface area contributed by atoms with Crippen LogP contribution in [-0.4, -0.2) is 11.7 Å². The lowest BCUT2D eigenvalue weighted by atomic mass is 9.83.